The van der Waals surface area contributed by atoms with Crippen LogP contribution >= 0.6 is 15.9 Å². The van der Waals surface area contributed by atoms with Crippen molar-refractivity contribution in [3.05, 3.63) is 69.2 Å². The molecule has 5 heteroatoms. The first-order chi connectivity index (χ1) is 9.58. The first kappa shape index (κ1) is 15.1. The second kappa shape index (κ2) is 6.43. The number of hydrogen-bond acceptors (Lipinski definition) is 2. The summed E-state index contributed by atoms with van der Waals surface area (Å²) in [6, 6.07) is 9.31. The van der Waals surface area contributed by atoms with Gasteiger partial charge in [0, 0.05) is 5.56 Å². The summed E-state index contributed by atoms with van der Waals surface area (Å²) < 4.78 is 28.3. The van der Waals surface area contributed by atoms with Gasteiger partial charge < -0.3 is 0 Å². The molecule has 0 saturated heterocycles. The van der Waals surface area contributed by atoms with Crippen LogP contribution in [0.3, 0.4) is 0 Å². The number of aryl methyl sites for hydroxylation is 1. The predicted octanol–water partition coefficient (Wildman–Crippen LogP) is 3.84. The fourth-order valence-corrected chi connectivity index (χ4v) is 2.45. The lowest BCUT2D eigenvalue weighted by atomic mass is 9.97. The van der Waals surface area contributed by atoms with E-state index in [1.807, 2.05) is 31.2 Å². The highest BCUT2D eigenvalue weighted by atomic mass is 79.9. The molecule has 0 bridgehead atoms. The number of benzene rings is 2. The molecule has 1 unspecified atom stereocenters. The Labute approximate surface area is 125 Å². The van der Waals surface area contributed by atoms with E-state index in [2.05, 4.69) is 21.4 Å². The lowest BCUT2D eigenvalue weighted by Crippen LogP contribution is -2.30. The summed E-state index contributed by atoms with van der Waals surface area (Å²) >= 11 is 3.06. The van der Waals surface area contributed by atoms with Crippen molar-refractivity contribution in [1.82, 2.24) is 5.43 Å². The van der Waals surface area contributed by atoms with Crippen molar-refractivity contribution in [1.29, 1.82) is 0 Å². The normalized spacial score (nSPS) is 12.4. The number of hydrogen-bond donors (Lipinski definition) is 2. The molecule has 1 atom stereocenters. The zero-order chi connectivity index (χ0) is 14.7. The molecule has 2 nitrogen and oxygen atoms in total. The topological polar surface area (TPSA) is 38.0 Å². The Hall–Kier alpha value is -1.30. The molecule has 2 aromatic carbocycles. The molecule has 2 rings (SSSR count). The third kappa shape index (κ3) is 2.90. The average Bonchev–Trinajstić information content (AvgIpc) is 2.48. The van der Waals surface area contributed by atoms with Gasteiger partial charge in [0.15, 0.2) is 0 Å². The molecule has 20 heavy (non-hydrogen) atoms. The minimum Gasteiger partial charge on any atom is -0.271 e. The molecule has 3 N–H and O–H groups in total. The summed E-state index contributed by atoms with van der Waals surface area (Å²) in [6.45, 7) is 2.04. The zero-order valence-electron chi connectivity index (χ0n) is 11.0. The monoisotopic (exact) mass is 340 g/mol. The highest BCUT2D eigenvalue weighted by Crippen LogP contribution is 2.30. The molecular weight excluding hydrogens is 326 g/mol. The van der Waals surface area contributed by atoms with Crippen molar-refractivity contribution in [2.75, 3.05) is 0 Å². The molecule has 0 fully saturated rings. The molecule has 0 spiro atoms. The van der Waals surface area contributed by atoms with Gasteiger partial charge in [0.05, 0.1) is 10.5 Å². The van der Waals surface area contributed by atoms with E-state index in [9.17, 15) is 8.78 Å². The summed E-state index contributed by atoms with van der Waals surface area (Å²) in [5, 5.41) is 0. The number of nitrogens with two attached hydrogens (primary N) is 1. The summed E-state index contributed by atoms with van der Waals surface area (Å²) in [4.78, 5) is 0. The van der Waals surface area contributed by atoms with E-state index >= 15 is 0 Å². The van der Waals surface area contributed by atoms with Crippen LogP contribution in [-0.4, -0.2) is 0 Å². The van der Waals surface area contributed by atoms with Gasteiger partial charge in [0.2, 0.25) is 0 Å². The smallest absolute Gasteiger partial charge is 0.145 e. The molecule has 0 aliphatic carbocycles. The molecule has 0 heterocycles. The van der Waals surface area contributed by atoms with Crippen LogP contribution in [0.15, 0.2) is 40.9 Å². The van der Waals surface area contributed by atoms with E-state index in [0.717, 1.165) is 12.0 Å². The van der Waals surface area contributed by atoms with Crippen molar-refractivity contribution in [2.24, 2.45) is 5.84 Å². The maximum Gasteiger partial charge on any atom is 0.145 e. The third-order valence-corrected chi connectivity index (χ3v) is 3.87. The quantitative estimate of drug-likeness (QED) is 0.504. The van der Waals surface area contributed by atoms with Gasteiger partial charge in [-0.3, -0.25) is 5.84 Å². The first-order valence-corrected chi connectivity index (χ1v) is 7.06. The van der Waals surface area contributed by atoms with E-state index < -0.39 is 17.7 Å². The Bertz CT molecular complexity index is 600. The van der Waals surface area contributed by atoms with Crippen LogP contribution in [0.5, 0.6) is 0 Å². The molecule has 0 saturated carbocycles. The standard InChI is InChI=1S/C15H15BrF2N2/c1-2-9-3-5-10(6-4-9)15(20-19)13-12(17)8-7-11(16)14(13)18/h3-8,15,20H,2,19H2,1H3. The average molecular weight is 341 g/mol. The minimum atomic E-state index is -0.738. The second-order valence-corrected chi connectivity index (χ2v) is 5.31. The van der Waals surface area contributed by atoms with Gasteiger partial charge in [0.25, 0.3) is 0 Å². The van der Waals surface area contributed by atoms with E-state index in [4.69, 9.17) is 5.84 Å². The van der Waals surface area contributed by atoms with Crippen LogP contribution in [0.1, 0.15) is 29.7 Å². The van der Waals surface area contributed by atoms with E-state index in [-0.39, 0.29) is 10.0 Å². The number of halogens is 3. The van der Waals surface area contributed by atoms with Gasteiger partial charge in [-0.2, -0.15) is 0 Å². The Morgan fingerprint density at radius 3 is 2.35 bits per heavy atom. The molecule has 2 aromatic rings. The fourth-order valence-electron chi connectivity index (χ4n) is 2.10. The van der Waals surface area contributed by atoms with Crippen molar-refractivity contribution in [3.63, 3.8) is 0 Å². The summed E-state index contributed by atoms with van der Waals surface area (Å²) in [7, 11) is 0. The van der Waals surface area contributed by atoms with Gasteiger partial charge >= 0.3 is 0 Å². The lowest BCUT2D eigenvalue weighted by Gasteiger charge is -2.19. The Morgan fingerprint density at radius 2 is 1.80 bits per heavy atom. The summed E-state index contributed by atoms with van der Waals surface area (Å²) in [6.07, 6.45) is 0.903. The number of hydrazine groups is 1. The third-order valence-electron chi connectivity index (χ3n) is 3.26. The predicted molar refractivity (Wildman–Crippen MR) is 79.0 cm³/mol. The van der Waals surface area contributed by atoms with E-state index in [1.54, 1.807) is 0 Å². The van der Waals surface area contributed by atoms with Crippen molar-refractivity contribution < 1.29 is 8.78 Å². The Kier molecular flexibility index (Phi) is 4.86. The summed E-state index contributed by atoms with van der Waals surface area (Å²) in [5.74, 6) is 4.22. The fraction of sp³-hybridized carbons (Fsp3) is 0.200. The molecule has 106 valence electrons. The lowest BCUT2D eigenvalue weighted by molar-refractivity contribution is 0.507. The van der Waals surface area contributed by atoms with Crippen LogP contribution in [0.4, 0.5) is 8.78 Å². The van der Waals surface area contributed by atoms with Crippen LogP contribution in [0.25, 0.3) is 0 Å². The number of nitrogens with one attached hydrogen (secondary N) is 1. The molecule has 0 radical (unpaired) electrons. The highest BCUT2D eigenvalue weighted by Gasteiger charge is 2.22. The zero-order valence-corrected chi connectivity index (χ0v) is 12.5. The van der Waals surface area contributed by atoms with E-state index in [1.165, 1.54) is 12.1 Å². The molecular formula is C15H15BrF2N2. The van der Waals surface area contributed by atoms with Crippen LogP contribution < -0.4 is 11.3 Å². The van der Waals surface area contributed by atoms with Crippen molar-refractivity contribution in [2.45, 2.75) is 19.4 Å². The molecule has 0 amide bonds. The summed E-state index contributed by atoms with van der Waals surface area (Å²) in [5.41, 5.74) is 4.25. The Balaban J connectivity index is 2.49. The van der Waals surface area contributed by atoms with Crippen molar-refractivity contribution >= 4 is 15.9 Å². The largest absolute Gasteiger partial charge is 0.271 e. The van der Waals surface area contributed by atoms with E-state index in [0.29, 0.717) is 5.56 Å². The second-order valence-electron chi connectivity index (χ2n) is 4.45. The van der Waals surface area contributed by atoms with Crippen LogP contribution in [0, 0.1) is 11.6 Å². The van der Waals surface area contributed by atoms with Gasteiger partial charge in [-0.15, -0.1) is 0 Å². The maximum atomic E-state index is 14.1. The van der Waals surface area contributed by atoms with Gasteiger partial charge in [-0.05, 0) is 45.6 Å². The maximum absolute atomic E-state index is 14.1. The number of rotatable bonds is 4. The molecule has 0 aliphatic rings. The van der Waals surface area contributed by atoms with Crippen molar-refractivity contribution in [3.8, 4) is 0 Å². The minimum absolute atomic E-state index is 0.0916. The van der Waals surface area contributed by atoms with Crippen LogP contribution in [0.2, 0.25) is 0 Å². The van der Waals surface area contributed by atoms with Gasteiger partial charge in [0.1, 0.15) is 11.6 Å². The molecule has 0 aliphatic heterocycles. The van der Waals surface area contributed by atoms with Gasteiger partial charge in [-0.1, -0.05) is 31.2 Å². The SMILES string of the molecule is CCc1ccc(C(NN)c2c(F)ccc(Br)c2F)cc1. The highest BCUT2D eigenvalue weighted by molar-refractivity contribution is 9.10. The van der Waals surface area contributed by atoms with Gasteiger partial charge in [-0.25, -0.2) is 14.2 Å². The van der Waals surface area contributed by atoms with Crippen LogP contribution in [-0.2, 0) is 6.42 Å². The Morgan fingerprint density at radius 1 is 1.15 bits per heavy atom. The first-order valence-electron chi connectivity index (χ1n) is 6.26. The molecule has 0 aromatic heterocycles.